The van der Waals surface area contributed by atoms with Gasteiger partial charge in [0.15, 0.2) is 0 Å². The van der Waals surface area contributed by atoms with Crippen LogP contribution in [0.2, 0.25) is 5.02 Å². The maximum absolute atomic E-state index is 13.0. The Morgan fingerprint density at radius 1 is 1.44 bits per heavy atom. The van der Waals surface area contributed by atoms with E-state index in [2.05, 4.69) is 10.2 Å². The standard InChI is InChI=1S/C11H11ClFN3/c12-9-5-7(1-2-10(9)13)11-8(3-4-14)6-15-16-11/h1-2,5-6H,3-4,14H2,(H,15,16). The molecule has 0 radical (unpaired) electrons. The third-order valence-electron chi connectivity index (χ3n) is 2.34. The zero-order valence-electron chi connectivity index (χ0n) is 8.50. The predicted molar refractivity (Wildman–Crippen MR) is 61.8 cm³/mol. The van der Waals surface area contributed by atoms with Gasteiger partial charge in [0.25, 0.3) is 0 Å². The van der Waals surface area contributed by atoms with Crippen LogP contribution in [0.4, 0.5) is 4.39 Å². The number of hydrogen-bond donors (Lipinski definition) is 2. The molecule has 0 fully saturated rings. The minimum Gasteiger partial charge on any atom is -0.330 e. The summed E-state index contributed by atoms with van der Waals surface area (Å²) >= 11 is 5.73. The van der Waals surface area contributed by atoms with Crippen LogP contribution in [0.15, 0.2) is 24.4 Å². The van der Waals surface area contributed by atoms with E-state index >= 15 is 0 Å². The van der Waals surface area contributed by atoms with Gasteiger partial charge in [-0.2, -0.15) is 5.10 Å². The Labute approximate surface area is 97.4 Å². The summed E-state index contributed by atoms with van der Waals surface area (Å²) < 4.78 is 13.0. The van der Waals surface area contributed by atoms with E-state index < -0.39 is 5.82 Å². The molecular weight excluding hydrogens is 229 g/mol. The second-order valence-electron chi connectivity index (χ2n) is 3.44. The Morgan fingerprint density at radius 2 is 2.25 bits per heavy atom. The van der Waals surface area contributed by atoms with Crippen molar-refractivity contribution < 1.29 is 4.39 Å². The number of nitrogens with one attached hydrogen (secondary N) is 1. The highest BCUT2D eigenvalue weighted by molar-refractivity contribution is 6.31. The highest BCUT2D eigenvalue weighted by atomic mass is 35.5. The summed E-state index contributed by atoms with van der Waals surface area (Å²) in [4.78, 5) is 0. The number of rotatable bonds is 3. The summed E-state index contributed by atoms with van der Waals surface area (Å²) in [5.74, 6) is -0.426. The second-order valence-corrected chi connectivity index (χ2v) is 3.85. The molecule has 0 unspecified atom stereocenters. The van der Waals surface area contributed by atoms with E-state index in [4.69, 9.17) is 17.3 Å². The molecule has 0 amide bonds. The van der Waals surface area contributed by atoms with Gasteiger partial charge in [0.05, 0.1) is 16.9 Å². The van der Waals surface area contributed by atoms with Gasteiger partial charge < -0.3 is 5.73 Å². The molecule has 0 saturated heterocycles. The zero-order valence-corrected chi connectivity index (χ0v) is 9.26. The summed E-state index contributed by atoms with van der Waals surface area (Å²) in [6.45, 7) is 0.543. The van der Waals surface area contributed by atoms with E-state index in [0.717, 1.165) is 23.2 Å². The Bertz CT molecular complexity index is 496. The first-order valence-electron chi connectivity index (χ1n) is 4.90. The van der Waals surface area contributed by atoms with Crippen LogP contribution in [0.1, 0.15) is 5.56 Å². The normalized spacial score (nSPS) is 10.7. The molecule has 16 heavy (non-hydrogen) atoms. The van der Waals surface area contributed by atoms with Gasteiger partial charge in [-0.25, -0.2) is 4.39 Å². The van der Waals surface area contributed by atoms with Crippen LogP contribution in [0, 0.1) is 5.82 Å². The Hall–Kier alpha value is -1.39. The first-order chi connectivity index (χ1) is 7.72. The molecule has 0 saturated carbocycles. The number of nitrogens with zero attached hydrogens (tertiary/aromatic N) is 1. The minimum atomic E-state index is -0.426. The Morgan fingerprint density at radius 3 is 2.94 bits per heavy atom. The summed E-state index contributed by atoms with van der Waals surface area (Å²) in [5, 5.41) is 6.92. The molecule has 3 N–H and O–H groups in total. The summed E-state index contributed by atoms with van der Waals surface area (Å²) in [6.07, 6.45) is 2.44. The topological polar surface area (TPSA) is 54.7 Å². The number of aromatic amines is 1. The largest absolute Gasteiger partial charge is 0.330 e. The highest BCUT2D eigenvalue weighted by Crippen LogP contribution is 2.25. The fourth-order valence-electron chi connectivity index (χ4n) is 1.56. The second kappa shape index (κ2) is 4.63. The zero-order chi connectivity index (χ0) is 11.5. The van der Waals surface area contributed by atoms with Crippen molar-refractivity contribution in [2.45, 2.75) is 6.42 Å². The molecule has 0 bridgehead atoms. The number of halogens is 2. The molecule has 84 valence electrons. The summed E-state index contributed by atoms with van der Waals surface area (Å²) in [7, 11) is 0. The Balaban J connectivity index is 2.42. The van der Waals surface area contributed by atoms with E-state index in [1.807, 2.05) is 0 Å². The van der Waals surface area contributed by atoms with Gasteiger partial charge >= 0.3 is 0 Å². The quantitative estimate of drug-likeness (QED) is 0.864. The maximum Gasteiger partial charge on any atom is 0.141 e. The lowest BCUT2D eigenvalue weighted by Crippen LogP contribution is -2.02. The minimum absolute atomic E-state index is 0.103. The van der Waals surface area contributed by atoms with Gasteiger partial charge in [-0.05, 0) is 36.7 Å². The lowest BCUT2D eigenvalue weighted by molar-refractivity contribution is 0.628. The van der Waals surface area contributed by atoms with E-state index in [-0.39, 0.29) is 5.02 Å². The van der Waals surface area contributed by atoms with Gasteiger partial charge in [-0.15, -0.1) is 0 Å². The Kier molecular flexibility index (Phi) is 3.22. The van der Waals surface area contributed by atoms with Crippen LogP contribution in [0.5, 0.6) is 0 Å². The van der Waals surface area contributed by atoms with Crippen LogP contribution < -0.4 is 5.73 Å². The molecule has 1 heterocycles. The van der Waals surface area contributed by atoms with Crippen molar-refractivity contribution in [3.63, 3.8) is 0 Å². The van der Waals surface area contributed by atoms with E-state index in [0.29, 0.717) is 6.54 Å². The molecular formula is C11H11ClFN3. The van der Waals surface area contributed by atoms with Gasteiger partial charge in [-0.1, -0.05) is 11.6 Å². The molecule has 1 aromatic heterocycles. The summed E-state index contributed by atoms with van der Waals surface area (Å²) in [5.41, 5.74) is 8.15. The third-order valence-corrected chi connectivity index (χ3v) is 2.63. The van der Waals surface area contributed by atoms with Crippen molar-refractivity contribution in [2.75, 3.05) is 6.54 Å². The van der Waals surface area contributed by atoms with Gasteiger partial charge in [0, 0.05) is 5.56 Å². The number of nitrogens with two attached hydrogens (primary N) is 1. The molecule has 0 aliphatic carbocycles. The molecule has 0 aliphatic heterocycles. The molecule has 2 rings (SSSR count). The summed E-state index contributed by atoms with van der Waals surface area (Å²) in [6, 6.07) is 4.57. The fourth-order valence-corrected chi connectivity index (χ4v) is 1.74. The molecule has 1 aromatic carbocycles. The van der Waals surface area contributed by atoms with E-state index in [9.17, 15) is 4.39 Å². The SMILES string of the molecule is NCCc1cn[nH]c1-c1ccc(F)c(Cl)c1. The molecule has 0 spiro atoms. The lowest BCUT2D eigenvalue weighted by atomic mass is 10.1. The third kappa shape index (κ3) is 2.08. The van der Waals surface area contributed by atoms with E-state index in [1.165, 1.54) is 6.07 Å². The lowest BCUT2D eigenvalue weighted by Gasteiger charge is -2.03. The maximum atomic E-state index is 13.0. The number of hydrogen-bond acceptors (Lipinski definition) is 2. The first kappa shape index (κ1) is 11.1. The van der Waals surface area contributed by atoms with Gasteiger partial charge in [-0.3, -0.25) is 5.10 Å². The van der Waals surface area contributed by atoms with Crippen molar-refractivity contribution in [3.05, 3.63) is 40.8 Å². The van der Waals surface area contributed by atoms with Crippen LogP contribution in [-0.2, 0) is 6.42 Å². The average Bonchev–Trinajstić information content (AvgIpc) is 2.71. The molecule has 0 atom stereocenters. The molecule has 2 aromatic rings. The fraction of sp³-hybridized carbons (Fsp3) is 0.182. The van der Waals surface area contributed by atoms with Crippen molar-refractivity contribution in [1.29, 1.82) is 0 Å². The molecule has 5 heteroatoms. The number of aromatic nitrogens is 2. The molecule has 0 aliphatic rings. The van der Waals surface area contributed by atoms with Crippen LogP contribution >= 0.6 is 11.6 Å². The van der Waals surface area contributed by atoms with Gasteiger partial charge in [0.2, 0.25) is 0 Å². The van der Waals surface area contributed by atoms with Crippen LogP contribution in [0.3, 0.4) is 0 Å². The van der Waals surface area contributed by atoms with Crippen molar-refractivity contribution in [3.8, 4) is 11.3 Å². The first-order valence-corrected chi connectivity index (χ1v) is 5.28. The highest BCUT2D eigenvalue weighted by Gasteiger charge is 2.09. The van der Waals surface area contributed by atoms with Gasteiger partial charge in [0.1, 0.15) is 5.82 Å². The smallest absolute Gasteiger partial charge is 0.141 e. The van der Waals surface area contributed by atoms with Crippen LogP contribution in [0.25, 0.3) is 11.3 Å². The van der Waals surface area contributed by atoms with E-state index in [1.54, 1.807) is 18.3 Å². The van der Waals surface area contributed by atoms with Crippen molar-refractivity contribution in [2.24, 2.45) is 5.73 Å². The van der Waals surface area contributed by atoms with Crippen molar-refractivity contribution in [1.82, 2.24) is 10.2 Å². The van der Waals surface area contributed by atoms with Crippen LogP contribution in [-0.4, -0.2) is 16.7 Å². The van der Waals surface area contributed by atoms with Crippen molar-refractivity contribution >= 4 is 11.6 Å². The monoisotopic (exact) mass is 239 g/mol. The average molecular weight is 240 g/mol. The number of benzene rings is 1. The molecule has 3 nitrogen and oxygen atoms in total. The predicted octanol–water partition coefficient (Wildman–Crippen LogP) is 2.37. The number of H-pyrrole nitrogens is 1.